The lowest BCUT2D eigenvalue weighted by Gasteiger charge is -2.16. The monoisotopic (exact) mass is 240 g/mol. The highest BCUT2D eigenvalue weighted by molar-refractivity contribution is 5.74. The Labute approximate surface area is 101 Å². The van der Waals surface area contributed by atoms with Crippen molar-refractivity contribution >= 4 is 12.0 Å². The molecule has 5 heteroatoms. The molecule has 0 aromatic rings. The highest BCUT2D eigenvalue weighted by Crippen LogP contribution is 2.19. The largest absolute Gasteiger partial charge is 0.481 e. The van der Waals surface area contributed by atoms with Gasteiger partial charge in [-0.1, -0.05) is 11.6 Å². The maximum Gasteiger partial charge on any atom is 0.317 e. The Bertz CT molecular complexity index is 313. The minimum atomic E-state index is -0.888. The van der Waals surface area contributed by atoms with Crippen LogP contribution < -0.4 is 5.32 Å². The fourth-order valence-electron chi connectivity index (χ4n) is 1.79. The third-order valence-electron chi connectivity index (χ3n) is 2.87. The molecular formula is C12H20N2O3. The quantitative estimate of drug-likeness (QED) is 0.693. The summed E-state index contributed by atoms with van der Waals surface area (Å²) >= 11 is 0. The van der Waals surface area contributed by atoms with Gasteiger partial charge in [0.05, 0.1) is 6.42 Å². The third kappa shape index (κ3) is 5.38. The Hall–Kier alpha value is -1.52. The van der Waals surface area contributed by atoms with Crippen molar-refractivity contribution in [2.45, 2.75) is 32.1 Å². The van der Waals surface area contributed by atoms with E-state index in [0.29, 0.717) is 6.54 Å². The van der Waals surface area contributed by atoms with E-state index in [2.05, 4.69) is 11.4 Å². The van der Waals surface area contributed by atoms with E-state index in [1.807, 2.05) is 0 Å². The van der Waals surface area contributed by atoms with E-state index in [-0.39, 0.29) is 19.0 Å². The predicted octanol–water partition coefficient (Wildman–Crippen LogP) is 1.60. The van der Waals surface area contributed by atoms with Gasteiger partial charge in [0, 0.05) is 20.1 Å². The summed E-state index contributed by atoms with van der Waals surface area (Å²) in [6.45, 7) is 0.867. The highest BCUT2D eigenvalue weighted by atomic mass is 16.4. The van der Waals surface area contributed by atoms with E-state index in [4.69, 9.17) is 5.11 Å². The van der Waals surface area contributed by atoms with Crippen molar-refractivity contribution in [3.63, 3.8) is 0 Å². The van der Waals surface area contributed by atoms with Crippen LogP contribution in [0.4, 0.5) is 4.79 Å². The standard InChI is InChI=1S/C12H20N2O3/c1-14(9-7-11(15)16)12(17)13-8-6-10-4-2-3-5-10/h4H,2-3,5-9H2,1H3,(H,13,17)(H,15,16). The number of hydrogen-bond acceptors (Lipinski definition) is 2. The zero-order valence-corrected chi connectivity index (χ0v) is 10.2. The van der Waals surface area contributed by atoms with Gasteiger partial charge in [-0.05, 0) is 25.7 Å². The van der Waals surface area contributed by atoms with E-state index in [1.54, 1.807) is 7.05 Å². The SMILES string of the molecule is CN(CCC(=O)O)C(=O)NCCC1=CCCC1. The molecule has 2 amide bonds. The molecule has 0 bridgehead atoms. The number of carbonyl (C=O) groups excluding carboxylic acids is 1. The molecular weight excluding hydrogens is 220 g/mol. The molecule has 0 aliphatic heterocycles. The smallest absolute Gasteiger partial charge is 0.317 e. The van der Waals surface area contributed by atoms with Gasteiger partial charge < -0.3 is 15.3 Å². The molecule has 1 aliphatic carbocycles. The molecule has 1 rings (SSSR count). The second kappa shape index (κ2) is 6.93. The van der Waals surface area contributed by atoms with Crippen LogP contribution in [0, 0.1) is 0 Å². The Balaban J connectivity index is 2.12. The van der Waals surface area contributed by atoms with E-state index in [0.717, 1.165) is 19.3 Å². The van der Waals surface area contributed by atoms with E-state index >= 15 is 0 Å². The molecule has 0 aromatic carbocycles. The highest BCUT2D eigenvalue weighted by Gasteiger charge is 2.10. The van der Waals surface area contributed by atoms with Crippen LogP contribution in [0.3, 0.4) is 0 Å². The molecule has 0 radical (unpaired) electrons. The van der Waals surface area contributed by atoms with Gasteiger partial charge in [0.25, 0.3) is 0 Å². The van der Waals surface area contributed by atoms with Crippen molar-refractivity contribution in [1.29, 1.82) is 0 Å². The number of nitrogens with zero attached hydrogens (tertiary/aromatic N) is 1. The summed E-state index contributed by atoms with van der Waals surface area (Å²) in [6, 6.07) is -0.204. The van der Waals surface area contributed by atoms with Crippen LogP contribution in [0.25, 0.3) is 0 Å². The maximum atomic E-state index is 11.5. The summed E-state index contributed by atoms with van der Waals surface area (Å²) in [6.07, 6.45) is 6.64. The van der Waals surface area contributed by atoms with Crippen LogP contribution in [-0.2, 0) is 4.79 Å². The maximum absolute atomic E-state index is 11.5. The third-order valence-corrected chi connectivity index (χ3v) is 2.87. The van der Waals surface area contributed by atoms with Crippen molar-refractivity contribution in [3.05, 3.63) is 11.6 Å². The average Bonchev–Trinajstić information content (AvgIpc) is 2.78. The number of amides is 2. The number of carbonyl (C=O) groups is 2. The van der Waals surface area contributed by atoms with Gasteiger partial charge in [-0.2, -0.15) is 0 Å². The van der Waals surface area contributed by atoms with Gasteiger partial charge in [0.1, 0.15) is 0 Å². The molecule has 0 saturated heterocycles. The van der Waals surface area contributed by atoms with Gasteiger partial charge in [-0.3, -0.25) is 4.79 Å². The van der Waals surface area contributed by atoms with Crippen LogP contribution in [0.5, 0.6) is 0 Å². The van der Waals surface area contributed by atoms with Crippen LogP contribution >= 0.6 is 0 Å². The summed E-state index contributed by atoms with van der Waals surface area (Å²) < 4.78 is 0. The Morgan fingerprint density at radius 1 is 1.53 bits per heavy atom. The molecule has 0 saturated carbocycles. The Kier molecular flexibility index (Phi) is 5.52. The van der Waals surface area contributed by atoms with Crippen molar-refractivity contribution in [2.24, 2.45) is 0 Å². The van der Waals surface area contributed by atoms with Crippen molar-refractivity contribution < 1.29 is 14.7 Å². The molecule has 0 unspecified atom stereocenters. The fraction of sp³-hybridized carbons (Fsp3) is 0.667. The first kappa shape index (κ1) is 13.5. The van der Waals surface area contributed by atoms with Gasteiger partial charge in [-0.25, -0.2) is 4.79 Å². The van der Waals surface area contributed by atoms with Crippen molar-refractivity contribution in [3.8, 4) is 0 Å². The number of nitrogens with one attached hydrogen (secondary N) is 1. The van der Waals surface area contributed by atoms with Gasteiger partial charge >= 0.3 is 12.0 Å². The summed E-state index contributed by atoms with van der Waals surface area (Å²) in [4.78, 5) is 23.3. The van der Waals surface area contributed by atoms with Gasteiger partial charge in [0.2, 0.25) is 0 Å². The summed E-state index contributed by atoms with van der Waals surface area (Å²) in [5.41, 5.74) is 1.42. The number of allylic oxidation sites excluding steroid dienone is 1. The number of carboxylic acids is 1. The van der Waals surface area contributed by atoms with Gasteiger partial charge in [0.15, 0.2) is 0 Å². The normalized spacial score (nSPS) is 14.3. The molecule has 5 nitrogen and oxygen atoms in total. The first-order chi connectivity index (χ1) is 8.09. The van der Waals surface area contributed by atoms with Crippen molar-refractivity contribution in [2.75, 3.05) is 20.1 Å². The Morgan fingerprint density at radius 2 is 2.29 bits per heavy atom. The molecule has 0 spiro atoms. The number of urea groups is 1. The lowest BCUT2D eigenvalue weighted by Crippen LogP contribution is -2.38. The number of hydrogen-bond donors (Lipinski definition) is 2. The second-order valence-corrected chi connectivity index (χ2v) is 4.30. The molecule has 0 atom stereocenters. The van der Waals surface area contributed by atoms with Crippen LogP contribution in [0.15, 0.2) is 11.6 Å². The van der Waals surface area contributed by atoms with Crippen LogP contribution in [0.2, 0.25) is 0 Å². The summed E-state index contributed by atoms with van der Waals surface area (Å²) in [7, 11) is 1.60. The van der Waals surface area contributed by atoms with Crippen molar-refractivity contribution in [1.82, 2.24) is 10.2 Å². The van der Waals surface area contributed by atoms with E-state index in [9.17, 15) is 9.59 Å². The first-order valence-corrected chi connectivity index (χ1v) is 5.98. The minimum Gasteiger partial charge on any atom is -0.481 e. The minimum absolute atomic E-state index is 0.0188. The number of carboxylic acid groups (broad SMARTS) is 1. The zero-order valence-electron chi connectivity index (χ0n) is 10.2. The van der Waals surface area contributed by atoms with E-state index < -0.39 is 5.97 Å². The predicted molar refractivity (Wildman–Crippen MR) is 64.8 cm³/mol. The molecule has 96 valence electrons. The summed E-state index contributed by atoms with van der Waals surface area (Å²) in [5, 5.41) is 11.3. The van der Waals surface area contributed by atoms with Crippen LogP contribution in [-0.4, -0.2) is 42.1 Å². The second-order valence-electron chi connectivity index (χ2n) is 4.30. The topological polar surface area (TPSA) is 69.6 Å². The van der Waals surface area contributed by atoms with E-state index in [1.165, 1.54) is 16.9 Å². The van der Waals surface area contributed by atoms with Gasteiger partial charge in [-0.15, -0.1) is 0 Å². The molecule has 0 fully saturated rings. The number of rotatable bonds is 6. The van der Waals surface area contributed by atoms with Crippen LogP contribution in [0.1, 0.15) is 32.1 Å². The molecule has 2 N–H and O–H groups in total. The molecule has 17 heavy (non-hydrogen) atoms. The Morgan fingerprint density at radius 3 is 2.88 bits per heavy atom. The lowest BCUT2D eigenvalue weighted by molar-refractivity contribution is -0.137. The fourth-order valence-corrected chi connectivity index (χ4v) is 1.79. The first-order valence-electron chi connectivity index (χ1n) is 5.98. The average molecular weight is 240 g/mol. The molecule has 0 aromatic heterocycles. The molecule has 0 heterocycles. The summed E-state index contributed by atoms with van der Waals surface area (Å²) in [5.74, 6) is -0.888. The lowest BCUT2D eigenvalue weighted by atomic mass is 10.2. The molecule has 1 aliphatic rings. The zero-order chi connectivity index (χ0) is 12.7. The number of aliphatic carboxylic acids is 1.